The normalized spacial score (nSPS) is 25.5. The minimum atomic E-state index is -3.14. The summed E-state index contributed by atoms with van der Waals surface area (Å²) in [5, 5.41) is 0. The molecule has 0 bridgehead atoms. The summed E-state index contributed by atoms with van der Waals surface area (Å²) in [6.45, 7) is 14.6. The second kappa shape index (κ2) is 13.3. The first-order valence-corrected chi connectivity index (χ1v) is 18.8. The molecule has 1 spiro atoms. The van der Waals surface area contributed by atoms with Crippen molar-refractivity contribution in [3.8, 4) is 0 Å². The van der Waals surface area contributed by atoms with Crippen LogP contribution in [0.25, 0.3) is 0 Å². The number of aromatic nitrogens is 2. The molecule has 4 aliphatic rings. The van der Waals surface area contributed by atoms with Crippen molar-refractivity contribution in [2.45, 2.75) is 97.4 Å². The highest BCUT2D eigenvalue weighted by Gasteiger charge is 2.50. The molecule has 4 aliphatic heterocycles. The van der Waals surface area contributed by atoms with Gasteiger partial charge in [-0.25, -0.2) is 22.7 Å². The molecule has 0 N–H and O–H groups in total. The summed E-state index contributed by atoms with van der Waals surface area (Å²) in [6.07, 6.45) is 12.7. The lowest BCUT2D eigenvalue weighted by atomic mass is 9.62. The van der Waals surface area contributed by atoms with E-state index in [0.29, 0.717) is 42.8 Å². The van der Waals surface area contributed by atoms with Crippen LogP contribution in [0.2, 0.25) is 0 Å². The molecule has 2 amide bonds. The number of hydrogen-bond acceptors (Lipinski definition) is 7. The summed E-state index contributed by atoms with van der Waals surface area (Å²) in [5.74, 6) is 1.24. The van der Waals surface area contributed by atoms with Crippen molar-refractivity contribution in [2.24, 2.45) is 17.3 Å². The molecular weight excluding hydrogens is 576 g/mol. The van der Waals surface area contributed by atoms with Crippen LogP contribution in [-0.2, 0) is 14.8 Å². The van der Waals surface area contributed by atoms with Crippen molar-refractivity contribution >= 4 is 21.8 Å². The Morgan fingerprint density at radius 1 is 0.977 bits per heavy atom. The molecule has 1 atom stereocenters. The summed E-state index contributed by atoms with van der Waals surface area (Å²) in [5.41, 5.74) is 2.26. The monoisotopic (exact) mass is 630 g/mol. The van der Waals surface area contributed by atoms with Gasteiger partial charge < -0.3 is 9.80 Å². The molecule has 10 nitrogen and oxygen atoms in total. The van der Waals surface area contributed by atoms with E-state index in [9.17, 15) is 18.0 Å². The molecule has 44 heavy (non-hydrogen) atoms. The highest BCUT2D eigenvalue weighted by molar-refractivity contribution is 7.88. The maximum absolute atomic E-state index is 13.7. The average Bonchev–Trinajstić information content (AvgIpc) is 2.98. The van der Waals surface area contributed by atoms with Crippen LogP contribution >= 0.6 is 0 Å². The Bertz CT molecular complexity index is 1270. The van der Waals surface area contributed by atoms with Gasteiger partial charge in [0.25, 0.3) is 5.91 Å². The van der Waals surface area contributed by atoms with E-state index in [1.807, 2.05) is 18.7 Å². The van der Waals surface area contributed by atoms with Gasteiger partial charge in [0.2, 0.25) is 15.9 Å². The van der Waals surface area contributed by atoms with Gasteiger partial charge >= 0.3 is 0 Å². The maximum atomic E-state index is 13.7. The van der Waals surface area contributed by atoms with Crippen LogP contribution in [0.5, 0.6) is 0 Å². The highest BCUT2D eigenvalue weighted by Crippen LogP contribution is 2.49. The number of unbranched alkanes of at least 4 members (excludes halogenated alkanes) is 1. The molecule has 11 heteroatoms. The van der Waals surface area contributed by atoms with Gasteiger partial charge in [-0.05, 0) is 96.1 Å². The molecular formula is C33H54N6O4S. The number of aryl methyl sites for hydroxylation is 2. The SMILES string of the molecule is CCCCC1CN(CC2CCN(S(C)(=O)=O)CC2)C(=O)CC12CCN(C1(C)CCN(C(=O)c3c(C)ncnc3C)CC1)CC2. The summed E-state index contributed by atoms with van der Waals surface area (Å²) < 4.78 is 25.5. The Morgan fingerprint density at radius 3 is 2.16 bits per heavy atom. The topological polar surface area (TPSA) is 107 Å². The Labute approximate surface area is 265 Å². The molecule has 0 aromatic carbocycles. The van der Waals surface area contributed by atoms with E-state index >= 15 is 0 Å². The molecule has 5 rings (SSSR count). The fourth-order valence-corrected chi connectivity index (χ4v) is 9.40. The number of nitrogens with zero attached hydrogens (tertiary/aromatic N) is 6. The van der Waals surface area contributed by atoms with Crippen LogP contribution in [0.1, 0.15) is 99.8 Å². The molecule has 0 radical (unpaired) electrons. The average molecular weight is 631 g/mol. The van der Waals surface area contributed by atoms with E-state index in [0.717, 1.165) is 95.6 Å². The first-order valence-electron chi connectivity index (χ1n) is 16.9. The van der Waals surface area contributed by atoms with Crippen LogP contribution in [-0.4, -0.2) is 113 Å². The van der Waals surface area contributed by atoms with E-state index < -0.39 is 10.0 Å². The zero-order valence-electron chi connectivity index (χ0n) is 27.7. The van der Waals surface area contributed by atoms with Crippen LogP contribution in [0.4, 0.5) is 0 Å². The fraction of sp³-hybridized carbons (Fsp3) is 0.818. The van der Waals surface area contributed by atoms with E-state index in [4.69, 9.17) is 0 Å². The number of hydrogen-bond donors (Lipinski definition) is 0. The second-order valence-electron chi connectivity index (χ2n) is 14.5. The molecule has 1 aromatic rings. The van der Waals surface area contributed by atoms with Crippen molar-refractivity contribution in [2.75, 3.05) is 58.6 Å². The number of rotatable bonds is 8. The van der Waals surface area contributed by atoms with Gasteiger partial charge in [0.1, 0.15) is 6.33 Å². The number of piperidine rings is 4. The largest absolute Gasteiger partial charge is 0.342 e. The van der Waals surface area contributed by atoms with Crippen molar-refractivity contribution < 1.29 is 18.0 Å². The van der Waals surface area contributed by atoms with Gasteiger partial charge in [0.05, 0.1) is 23.2 Å². The zero-order valence-corrected chi connectivity index (χ0v) is 28.5. The highest BCUT2D eigenvalue weighted by atomic mass is 32.2. The predicted octanol–water partition coefficient (Wildman–Crippen LogP) is 3.88. The summed E-state index contributed by atoms with van der Waals surface area (Å²) in [4.78, 5) is 42.3. The van der Waals surface area contributed by atoms with Gasteiger partial charge in [-0.15, -0.1) is 0 Å². The van der Waals surface area contributed by atoms with Crippen molar-refractivity contribution in [1.29, 1.82) is 0 Å². The van der Waals surface area contributed by atoms with Crippen LogP contribution in [0.15, 0.2) is 6.33 Å². The van der Waals surface area contributed by atoms with Gasteiger partial charge in [-0.2, -0.15) is 0 Å². The van der Waals surface area contributed by atoms with Gasteiger partial charge in [-0.3, -0.25) is 14.5 Å². The number of likely N-dealkylation sites (tertiary alicyclic amines) is 3. The van der Waals surface area contributed by atoms with Gasteiger partial charge in [0, 0.05) is 51.2 Å². The molecule has 0 aliphatic carbocycles. The minimum absolute atomic E-state index is 0.0465. The second-order valence-corrected chi connectivity index (χ2v) is 16.5. The predicted molar refractivity (Wildman–Crippen MR) is 172 cm³/mol. The molecule has 1 aromatic heterocycles. The van der Waals surface area contributed by atoms with Gasteiger partial charge in [0.15, 0.2) is 0 Å². The van der Waals surface area contributed by atoms with Crippen LogP contribution in [0, 0.1) is 31.1 Å². The zero-order chi connectivity index (χ0) is 31.7. The third-order valence-corrected chi connectivity index (χ3v) is 13.0. The van der Waals surface area contributed by atoms with Crippen LogP contribution < -0.4 is 0 Å². The van der Waals surface area contributed by atoms with Crippen molar-refractivity contribution in [3.63, 3.8) is 0 Å². The summed E-state index contributed by atoms with van der Waals surface area (Å²) >= 11 is 0. The van der Waals surface area contributed by atoms with Gasteiger partial charge in [-0.1, -0.05) is 19.8 Å². The molecule has 0 saturated carbocycles. The first-order chi connectivity index (χ1) is 20.8. The molecule has 246 valence electrons. The van der Waals surface area contributed by atoms with Crippen molar-refractivity contribution in [1.82, 2.24) is 29.0 Å². The van der Waals surface area contributed by atoms with E-state index in [-0.39, 0.29) is 16.9 Å². The molecule has 4 fully saturated rings. The molecule has 1 unspecified atom stereocenters. The first kappa shape index (κ1) is 33.3. The quantitative estimate of drug-likeness (QED) is 0.429. The Morgan fingerprint density at radius 2 is 1.59 bits per heavy atom. The number of sulfonamides is 1. The smallest absolute Gasteiger partial charge is 0.257 e. The molecule has 5 heterocycles. The lowest BCUT2D eigenvalue weighted by Gasteiger charge is -2.56. The number of carbonyl (C=O) groups excluding carboxylic acids is 2. The van der Waals surface area contributed by atoms with Crippen molar-refractivity contribution in [3.05, 3.63) is 23.3 Å². The minimum Gasteiger partial charge on any atom is -0.342 e. The maximum Gasteiger partial charge on any atom is 0.257 e. The van der Waals surface area contributed by atoms with E-state index in [1.165, 1.54) is 25.4 Å². The summed E-state index contributed by atoms with van der Waals surface area (Å²) in [6, 6.07) is 0. The number of carbonyl (C=O) groups is 2. The van der Waals surface area contributed by atoms with E-state index in [2.05, 4.69) is 33.6 Å². The standard InChI is InChI=1S/C33H54N6O4S/c1-6-7-8-28-23-37(22-27-9-15-39(16-10-27)44(5,42)43)29(40)21-33(28)13-19-38(20-14-33)32(4)11-17-36(18-12-32)31(41)30-25(2)34-24-35-26(30)3/h24,27-28H,6-23H2,1-5H3. The van der Waals surface area contributed by atoms with Crippen LogP contribution in [0.3, 0.4) is 0 Å². The Balaban J connectivity index is 1.18. The summed E-state index contributed by atoms with van der Waals surface area (Å²) in [7, 11) is -3.14. The Hall–Kier alpha value is -2.11. The third kappa shape index (κ3) is 6.99. The lowest BCUT2D eigenvalue weighted by molar-refractivity contribution is -0.147. The lowest BCUT2D eigenvalue weighted by Crippen LogP contribution is -2.60. The Kier molecular flexibility index (Phi) is 10.1. The third-order valence-electron chi connectivity index (χ3n) is 11.7. The molecule has 4 saturated heterocycles. The fourth-order valence-electron chi connectivity index (χ4n) is 8.52. The van der Waals surface area contributed by atoms with E-state index in [1.54, 1.807) is 4.31 Å². The number of amides is 2.